The molecular formula is C27H39N3O5. The van der Waals surface area contributed by atoms with Crippen LogP contribution in [0.3, 0.4) is 0 Å². The second-order valence-corrected chi connectivity index (χ2v) is 11.5. The number of aromatic nitrogens is 2. The first-order valence-corrected chi connectivity index (χ1v) is 13.0. The Kier molecular flexibility index (Phi) is 7.06. The number of hydrogen-bond donors (Lipinski definition) is 1. The standard InChI is InChI=1S/C21H30O2.C6H9N3O3/c1-13(22)17-6-7-18-16-5-4-14-12-15(23)8-10-20(14,2)19(16)9-11-21(17,18)3;1-5-7-4-6(9(11)12)8(5)2-3-10/h12,16-19H,4-11H2,1-3H3;4,10H,2-3H2,1H3/t16-,17+,18-,19-,20-,21+;/m0./s1. The van der Waals surface area contributed by atoms with Gasteiger partial charge in [-0.2, -0.15) is 0 Å². The number of allylic oxidation sites excluding steroid dienone is 1. The molecule has 35 heavy (non-hydrogen) atoms. The number of fused-ring (bicyclic) bond motifs is 5. The van der Waals surface area contributed by atoms with Crippen molar-refractivity contribution in [3.8, 4) is 0 Å². The summed E-state index contributed by atoms with van der Waals surface area (Å²) in [6.45, 7) is 8.39. The van der Waals surface area contributed by atoms with Crippen molar-refractivity contribution >= 4 is 17.4 Å². The van der Waals surface area contributed by atoms with E-state index in [0.29, 0.717) is 23.3 Å². The molecule has 1 aromatic heterocycles. The average molecular weight is 486 g/mol. The molecule has 192 valence electrons. The van der Waals surface area contributed by atoms with Crippen LogP contribution in [0.5, 0.6) is 0 Å². The van der Waals surface area contributed by atoms with Gasteiger partial charge in [0.1, 0.15) is 18.5 Å². The van der Waals surface area contributed by atoms with Crippen LogP contribution >= 0.6 is 0 Å². The lowest BCUT2D eigenvalue weighted by Crippen LogP contribution is -2.51. The fraction of sp³-hybridized carbons (Fsp3) is 0.741. The molecule has 0 aromatic carbocycles. The van der Waals surface area contributed by atoms with Crippen molar-refractivity contribution in [3.63, 3.8) is 0 Å². The van der Waals surface area contributed by atoms with Gasteiger partial charge in [-0.25, -0.2) is 9.55 Å². The van der Waals surface area contributed by atoms with E-state index in [4.69, 9.17) is 5.11 Å². The maximum absolute atomic E-state index is 12.1. The van der Waals surface area contributed by atoms with Crippen LogP contribution in [-0.4, -0.2) is 37.8 Å². The van der Waals surface area contributed by atoms with Crippen LogP contribution in [0, 0.1) is 51.5 Å². The van der Waals surface area contributed by atoms with Crippen molar-refractivity contribution in [2.24, 2.45) is 34.5 Å². The van der Waals surface area contributed by atoms with E-state index >= 15 is 0 Å². The smallest absolute Gasteiger partial charge is 0.342 e. The number of carbonyl (C=O) groups excluding carboxylic acids is 2. The minimum Gasteiger partial charge on any atom is -0.392 e. The summed E-state index contributed by atoms with van der Waals surface area (Å²) in [7, 11) is 0. The molecule has 0 radical (unpaired) electrons. The lowest BCUT2D eigenvalue weighted by atomic mass is 9.47. The first-order chi connectivity index (χ1) is 16.5. The zero-order chi connectivity index (χ0) is 25.5. The van der Waals surface area contributed by atoms with Crippen LogP contribution in [-0.2, 0) is 16.1 Å². The molecule has 1 heterocycles. The van der Waals surface area contributed by atoms with E-state index in [1.807, 2.05) is 6.08 Å². The number of hydrogen-bond acceptors (Lipinski definition) is 6. The number of aliphatic hydroxyl groups excluding tert-OH is 1. The Morgan fingerprint density at radius 1 is 1.20 bits per heavy atom. The molecule has 0 spiro atoms. The second kappa shape index (κ2) is 9.60. The number of aliphatic hydroxyl groups is 1. The van der Waals surface area contributed by atoms with Gasteiger partial charge in [-0.3, -0.25) is 9.59 Å². The number of nitrogens with zero attached hydrogens (tertiary/aromatic N) is 3. The van der Waals surface area contributed by atoms with Gasteiger partial charge in [0, 0.05) is 19.3 Å². The monoisotopic (exact) mass is 485 g/mol. The maximum atomic E-state index is 12.1. The van der Waals surface area contributed by atoms with E-state index < -0.39 is 4.92 Å². The number of nitro groups is 1. The first kappa shape index (κ1) is 25.7. The predicted molar refractivity (Wildman–Crippen MR) is 132 cm³/mol. The molecule has 1 N–H and O–H groups in total. The Hall–Kier alpha value is -2.35. The summed E-state index contributed by atoms with van der Waals surface area (Å²) >= 11 is 0. The summed E-state index contributed by atoms with van der Waals surface area (Å²) in [5.41, 5.74) is 1.95. The van der Waals surface area contributed by atoms with Crippen molar-refractivity contribution in [1.82, 2.24) is 9.55 Å². The first-order valence-electron chi connectivity index (χ1n) is 13.0. The molecule has 4 aliphatic rings. The average Bonchev–Trinajstić information content (AvgIpc) is 3.35. The highest BCUT2D eigenvalue weighted by atomic mass is 16.6. The molecule has 0 saturated heterocycles. The van der Waals surface area contributed by atoms with Gasteiger partial charge in [0.25, 0.3) is 0 Å². The van der Waals surface area contributed by atoms with Crippen LogP contribution in [0.4, 0.5) is 5.82 Å². The molecule has 0 bridgehead atoms. The number of rotatable bonds is 4. The summed E-state index contributed by atoms with van der Waals surface area (Å²) in [5.74, 6) is 3.75. The van der Waals surface area contributed by atoms with Gasteiger partial charge >= 0.3 is 5.82 Å². The van der Waals surface area contributed by atoms with E-state index in [0.717, 1.165) is 43.4 Å². The summed E-state index contributed by atoms with van der Waals surface area (Å²) < 4.78 is 1.36. The number of ketones is 2. The zero-order valence-electron chi connectivity index (χ0n) is 21.5. The molecule has 4 aliphatic carbocycles. The van der Waals surface area contributed by atoms with Crippen LogP contribution in [0.25, 0.3) is 0 Å². The van der Waals surface area contributed by atoms with Gasteiger partial charge < -0.3 is 15.2 Å². The molecule has 8 nitrogen and oxygen atoms in total. The molecular weight excluding hydrogens is 446 g/mol. The number of carbonyl (C=O) groups is 2. The van der Waals surface area contributed by atoms with Gasteiger partial charge in [0.05, 0.1) is 6.61 Å². The van der Waals surface area contributed by atoms with E-state index in [1.165, 1.54) is 42.0 Å². The molecule has 6 atom stereocenters. The van der Waals surface area contributed by atoms with Crippen molar-refractivity contribution in [3.05, 3.63) is 33.8 Å². The Bertz CT molecular complexity index is 1050. The van der Waals surface area contributed by atoms with E-state index in [2.05, 4.69) is 18.8 Å². The second-order valence-electron chi connectivity index (χ2n) is 11.5. The molecule has 8 heteroatoms. The van der Waals surface area contributed by atoms with Gasteiger partial charge in [0.15, 0.2) is 11.6 Å². The quantitative estimate of drug-likeness (QED) is 0.483. The van der Waals surface area contributed by atoms with E-state index in [-0.39, 0.29) is 29.8 Å². The number of imidazole rings is 1. The SMILES string of the molecule is CC(=O)[C@H]1CC[C@H]2[C@@H]3CCC4=CC(=O)CC[C@]4(C)[C@H]3CC[C@]12C.Cc1ncc([N+](=O)[O-])n1CCO. The fourth-order valence-electron chi connectivity index (χ4n) is 8.21. The van der Waals surface area contributed by atoms with Crippen LogP contribution in [0.2, 0.25) is 0 Å². The summed E-state index contributed by atoms with van der Waals surface area (Å²) in [4.78, 5) is 37.6. The van der Waals surface area contributed by atoms with Crippen LogP contribution in [0.1, 0.15) is 78.0 Å². The zero-order valence-corrected chi connectivity index (χ0v) is 21.5. The highest BCUT2D eigenvalue weighted by molar-refractivity contribution is 5.91. The largest absolute Gasteiger partial charge is 0.392 e. The molecule has 5 rings (SSSR count). The van der Waals surface area contributed by atoms with Gasteiger partial charge in [-0.15, -0.1) is 0 Å². The van der Waals surface area contributed by atoms with Crippen molar-refractivity contribution < 1.29 is 19.6 Å². The maximum Gasteiger partial charge on any atom is 0.342 e. The highest BCUT2D eigenvalue weighted by Crippen LogP contribution is 2.66. The molecule has 0 unspecified atom stereocenters. The molecule has 0 amide bonds. The predicted octanol–water partition coefficient (Wildman–Crippen LogP) is 4.82. The molecule has 0 aliphatic heterocycles. The summed E-state index contributed by atoms with van der Waals surface area (Å²) in [6.07, 6.45) is 12.1. The number of Topliss-reactive ketones (excluding diaryl/α,β-unsaturated/α-hetero) is 1. The third-order valence-electron chi connectivity index (χ3n) is 10.00. The third-order valence-corrected chi connectivity index (χ3v) is 10.00. The Labute approximate surface area is 207 Å². The third kappa shape index (κ3) is 4.39. The van der Waals surface area contributed by atoms with E-state index in [1.54, 1.807) is 13.8 Å². The van der Waals surface area contributed by atoms with Gasteiger partial charge in [-0.05, 0) is 91.5 Å². The van der Waals surface area contributed by atoms with Crippen molar-refractivity contribution in [2.75, 3.05) is 6.61 Å². The lowest BCUT2D eigenvalue weighted by molar-refractivity contribution is -0.392. The van der Waals surface area contributed by atoms with E-state index in [9.17, 15) is 19.7 Å². The Morgan fingerprint density at radius 2 is 1.94 bits per heavy atom. The summed E-state index contributed by atoms with van der Waals surface area (Å²) in [6, 6.07) is 0. The van der Waals surface area contributed by atoms with Crippen LogP contribution < -0.4 is 0 Å². The molecule has 3 saturated carbocycles. The van der Waals surface area contributed by atoms with Crippen molar-refractivity contribution in [1.29, 1.82) is 0 Å². The Balaban J connectivity index is 0.000000204. The van der Waals surface area contributed by atoms with Gasteiger partial charge in [0.2, 0.25) is 0 Å². The Morgan fingerprint density at radius 3 is 2.60 bits per heavy atom. The normalized spacial score (nSPS) is 35.7. The van der Waals surface area contributed by atoms with Crippen LogP contribution in [0.15, 0.2) is 17.8 Å². The molecule has 3 fully saturated rings. The van der Waals surface area contributed by atoms with Crippen molar-refractivity contribution in [2.45, 2.75) is 85.6 Å². The highest BCUT2D eigenvalue weighted by Gasteiger charge is 2.59. The fourth-order valence-corrected chi connectivity index (χ4v) is 8.21. The minimum atomic E-state index is -0.518. The minimum absolute atomic E-state index is 0.0819. The van der Waals surface area contributed by atoms with Gasteiger partial charge in [-0.1, -0.05) is 19.4 Å². The topological polar surface area (TPSA) is 115 Å². The summed E-state index contributed by atoms with van der Waals surface area (Å²) in [5, 5.41) is 19.0. The number of aryl methyl sites for hydroxylation is 1. The molecule has 1 aromatic rings. The lowest BCUT2D eigenvalue weighted by Gasteiger charge is -2.58.